The Balaban J connectivity index is 2.61. The number of aryl methyl sites for hydroxylation is 1. The summed E-state index contributed by atoms with van der Waals surface area (Å²) in [5.74, 6) is 0. The molecule has 1 rings (SSSR count). The zero-order valence-corrected chi connectivity index (χ0v) is 10.6. The second kappa shape index (κ2) is 6.15. The largest absolute Gasteiger partial charge is 0.377 e. The Hall–Kier alpha value is -0.520. The molecule has 0 aliphatic heterocycles. The third-order valence-electron chi connectivity index (χ3n) is 2.05. The molecule has 0 aliphatic rings. The van der Waals surface area contributed by atoms with Gasteiger partial charge in [0.2, 0.25) is 0 Å². The van der Waals surface area contributed by atoms with Crippen LogP contribution in [0.1, 0.15) is 37.4 Å². The highest BCUT2D eigenvalue weighted by molar-refractivity contribution is 7.05. The maximum Gasteiger partial charge on any atom is 0.0773 e. The molecule has 0 spiro atoms. The van der Waals surface area contributed by atoms with E-state index in [0.29, 0.717) is 6.61 Å². The van der Waals surface area contributed by atoms with Gasteiger partial charge < -0.3 is 10.1 Å². The lowest BCUT2D eigenvalue weighted by atomic mass is 10.2. The zero-order chi connectivity index (χ0) is 11.3. The van der Waals surface area contributed by atoms with E-state index in [0.717, 1.165) is 12.2 Å². The molecule has 1 atom stereocenters. The van der Waals surface area contributed by atoms with Crippen LogP contribution in [0.15, 0.2) is 0 Å². The summed E-state index contributed by atoms with van der Waals surface area (Å²) in [6, 6.07) is 0.220. The minimum absolute atomic E-state index is 0.220. The Bertz CT molecular complexity index is 288. The highest BCUT2D eigenvalue weighted by Crippen LogP contribution is 2.20. The number of aromatic nitrogens is 2. The first kappa shape index (κ1) is 12.5. The van der Waals surface area contributed by atoms with Crippen molar-refractivity contribution >= 4 is 11.5 Å². The van der Waals surface area contributed by atoms with Gasteiger partial charge in [0.25, 0.3) is 0 Å². The molecular formula is C10H19N3OS. The van der Waals surface area contributed by atoms with Gasteiger partial charge in [0.15, 0.2) is 0 Å². The number of hydrogen-bond acceptors (Lipinski definition) is 5. The Morgan fingerprint density at radius 3 is 2.67 bits per heavy atom. The van der Waals surface area contributed by atoms with Crippen molar-refractivity contribution in [2.24, 2.45) is 0 Å². The summed E-state index contributed by atoms with van der Waals surface area (Å²) in [6.07, 6.45) is 0.257. The molecule has 0 saturated carbocycles. The highest BCUT2D eigenvalue weighted by Gasteiger charge is 2.16. The molecular weight excluding hydrogens is 210 g/mol. The molecule has 1 unspecified atom stereocenters. The van der Waals surface area contributed by atoms with E-state index in [2.05, 4.69) is 21.8 Å². The predicted octanol–water partition coefficient (Wildman–Crippen LogP) is 1.92. The SMILES string of the molecule is CCNC(COC(C)C)c1snnc1C. The number of hydrogen-bond donors (Lipinski definition) is 1. The lowest BCUT2D eigenvalue weighted by Crippen LogP contribution is -2.26. The first-order chi connectivity index (χ1) is 7.15. The molecule has 1 N–H and O–H groups in total. The maximum absolute atomic E-state index is 5.62. The molecule has 1 aromatic heterocycles. The van der Waals surface area contributed by atoms with Gasteiger partial charge >= 0.3 is 0 Å². The van der Waals surface area contributed by atoms with Gasteiger partial charge in [0.1, 0.15) is 0 Å². The van der Waals surface area contributed by atoms with Gasteiger partial charge in [-0.1, -0.05) is 11.4 Å². The van der Waals surface area contributed by atoms with Crippen LogP contribution >= 0.6 is 11.5 Å². The van der Waals surface area contributed by atoms with Gasteiger partial charge in [-0.2, -0.15) is 0 Å². The quantitative estimate of drug-likeness (QED) is 0.809. The van der Waals surface area contributed by atoms with Gasteiger partial charge in [-0.15, -0.1) is 5.10 Å². The Labute approximate surface area is 95.2 Å². The maximum atomic E-state index is 5.62. The summed E-state index contributed by atoms with van der Waals surface area (Å²) in [5.41, 5.74) is 0.998. The smallest absolute Gasteiger partial charge is 0.0773 e. The average Bonchev–Trinajstić information content (AvgIpc) is 2.59. The summed E-state index contributed by atoms with van der Waals surface area (Å²) in [7, 11) is 0. The molecule has 86 valence electrons. The van der Waals surface area contributed by atoms with Gasteiger partial charge in [0, 0.05) is 0 Å². The van der Waals surface area contributed by atoms with Crippen LogP contribution in [-0.4, -0.2) is 28.8 Å². The fourth-order valence-corrected chi connectivity index (χ4v) is 2.02. The summed E-state index contributed by atoms with van der Waals surface area (Å²) < 4.78 is 9.57. The number of rotatable bonds is 6. The Kier molecular flexibility index (Phi) is 5.14. The second-order valence-electron chi connectivity index (χ2n) is 3.71. The molecule has 4 nitrogen and oxygen atoms in total. The molecule has 0 bridgehead atoms. The average molecular weight is 229 g/mol. The van der Waals surface area contributed by atoms with Crippen molar-refractivity contribution in [2.45, 2.75) is 39.8 Å². The fraction of sp³-hybridized carbons (Fsp3) is 0.800. The number of likely N-dealkylation sites (N-methyl/N-ethyl adjacent to an activating group) is 1. The third-order valence-corrected chi connectivity index (χ3v) is 2.99. The molecule has 0 amide bonds. The highest BCUT2D eigenvalue weighted by atomic mass is 32.1. The van der Waals surface area contributed by atoms with Crippen LogP contribution in [0.3, 0.4) is 0 Å². The summed E-state index contributed by atoms with van der Waals surface area (Å²) >= 11 is 1.45. The number of nitrogens with one attached hydrogen (secondary N) is 1. The van der Waals surface area contributed by atoms with Crippen molar-refractivity contribution in [2.75, 3.05) is 13.2 Å². The van der Waals surface area contributed by atoms with Gasteiger partial charge in [-0.3, -0.25) is 0 Å². The molecule has 1 heterocycles. The van der Waals surface area contributed by atoms with Crippen LogP contribution in [0, 0.1) is 6.92 Å². The van der Waals surface area contributed by atoms with E-state index in [4.69, 9.17) is 4.74 Å². The first-order valence-electron chi connectivity index (χ1n) is 5.29. The van der Waals surface area contributed by atoms with E-state index < -0.39 is 0 Å². The van der Waals surface area contributed by atoms with Gasteiger partial charge in [-0.05, 0) is 38.8 Å². The van der Waals surface area contributed by atoms with E-state index in [1.165, 1.54) is 16.4 Å². The van der Waals surface area contributed by atoms with Crippen LogP contribution in [-0.2, 0) is 4.74 Å². The van der Waals surface area contributed by atoms with Crippen molar-refractivity contribution < 1.29 is 4.74 Å². The van der Waals surface area contributed by atoms with Gasteiger partial charge in [0.05, 0.1) is 29.3 Å². The summed E-state index contributed by atoms with van der Waals surface area (Å²) in [4.78, 5) is 1.18. The minimum Gasteiger partial charge on any atom is -0.377 e. The van der Waals surface area contributed by atoms with Crippen LogP contribution in [0.5, 0.6) is 0 Å². The normalized spacial score (nSPS) is 13.4. The summed E-state index contributed by atoms with van der Waals surface area (Å²) in [6.45, 7) is 9.76. The second-order valence-corrected chi connectivity index (χ2v) is 4.50. The molecule has 0 fully saturated rings. The molecule has 0 aromatic carbocycles. The van der Waals surface area contributed by atoms with Crippen molar-refractivity contribution in [3.63, 3.8) is 0 Å². The molecule has 0 aliphatic carbocycles. The van der Waals surface area contributed by atoms with Crippen molar-refractivity contribution in [3.05, 3.63) is 10.6 Å². The number of nitrogens with zero attached hydrogens (tertiary/aromatic N) is 2. The van der Waals surface area contributed by atoms with E-state index in [9.17, 15) is 0 Å². The standard InChI is InChI=1S/C10H19N3OS/c1-5-11-9(6-14-7(2)3)10-8(4)12-13-15-10/h7,9,11H,5-6H2,1-4H3. The topological polar surface area (TPSA) is 47.0 Å². The molecule has 15 heavy (non-hydrogen) atoms. The fourth-order valence-electron chi connectivity index (χ4n) is 1.32. The van der Waals surface area contributed by atoms with Crippen LogP contribution in [0.25, 0.3) is 0 Å². The first-order valence-corrected chi connectivity index (χ1v) is 6.06. The van der Waals surface area contributed by atoms with E-state index >= 15 is 0 Å². The van der Waals surface area contributed by atoms with Crippen molar-refractivity contribution in [1.82, 2.24) is 14.9 Å². The van der Waals surface area contributed by atoms with Crippen LogP contribution in [0.4, 0.5) is 0 Å². The van der Waals surface area contributed by atoms with Crippen molar-refractivity contribution in [3.8, 4) is 0 Å². The zero-order valence-electron chi connectivity index (χ0n) is 9.78. The monoisotopic (exact) mass is 229 g/mol. The van der Waals surface area contributed by atoms with Crippen LogP contribution < -0.4 is 5.32 Å². The van der Waals surface area contributed by atoms with Crippen LogP contribution in [0.2, 0.25) is 0 Å². The minimum atomic E-state index is 0.220. The molecule has 0 radical (unpaired) electrons. The Morgan fingerprint density at radius 2 is 2.20 bits per heavy atom. The van der Waals surface area contributed by atoms with E-state index in [-0.39, 0.29) is 12.1 Å². The van der Waals surface area contributed by atoms with E-state index in [1.807, 2.05) is 20.8 Å². The lowest BCUT2D eigenvalue weighted by molar-refractivity contribution is 0.0619. The Morgan fingerprint density at radius 1 is 1.47 bits per heavy atom. The van der Waals surface area contributed by atoms with Crippen molar-refractivity contribution in [1.29, 1.82) is 0 Å². The molecule has 0 saturated heterocycles. The number of ether oxygens (including phenoxy) is 1. The molecule has 1 aromatic rings. The predicted molar refractivity (Wildman–Crippen MR) is 62.2 cm³/mol. The van der Waals surface area contributed by atoms with Gasteiger partial charge in [-0.25, -0.2) is 0 Å². The third kappa shape index (κ3) is 3.85. The molecule has 5 heteroatoms. The summed E-state index contributed by atoms with van der Waals surface area (Å²) in [5, 5.41) is 7.41. The lowest BCUT2D eigenvalue weighted by Gasteiger charge is -2.18. The van der Waals surface area contributed by atoms with E-state index in [1.54, 1.807) is 0 Å².